The van der Waals surface area contributed by atoms with Gasteiger partial charge in [-0.3, -0.25) is 4.79 Å². The molecule has 4 rings (SSSR count). The minimum absolute atomic E-state index is 0. The highest BCUT2D eigenvalue weighted by molar-refractivity contribution is 5.85. The molecule has 0 saturated heterocycles. The molecule has 0 bridgehead atoms. The number of aliphatic carboxylic acids is 1. The van der Waals surface area contributed by atoms with Crippen LogP contribution in [0, 0.1) is 0 Å². The number of nitrogens with two attached hydrogens (primary N) is 1. The number of carbonyl (C=O) groups is 1. The Morgan fingerprint density at radius 3 is 2.35 bits per heavy atom. The normalized spacial score (nSPS) is 21.1. The molecule has 5 heteroatoms. The third-order valence-corrected chi connectivity index (χ3v) is 5.45. The number of aryl methyl sites for hydroxylation is 3. The van der Waals surface area contributed by atoms with E-state index in [0.29, 0.717) is 12.2 Å². The highest BCUT2D eigenvalue weighted by atomic mass is 35.5. The largest absolute Gasteiger partial charge is 0.481 e. The van der Waals surface area contributed by atoms with Crippen molar-refractivity contribution in [1.82, 2.24) is 0 Å². The molecular formula is C21H24ClNO3. The van der Waals surface area contributed by atoms with E-state index in [0.717, 1.165) is 36.1 Å². The van der Waals surface area contributed by atoms with Crippen molar-refractivity contribution in [2.24, 2.45) is 5.73 Å². The van der Waals surface area contributed by atoms with E-state index in [9.17, 15) is 9.90 Å². The van der Waals surface area contributed by atoms with Crippen LogP contribution in [0.25, 0.3) is 0 Å². The van der Waals surface area contributed by atoms with E-state index in [2.05, 4.69) is 12.1 Å². The Labute approximate surface area is 159 Å². The summed E-state index contributed by atoms with van der Waals surface area (Å²) in [5.74, 6) is -0.0299. The number of ether oxygens (including phenoxy) is 1. The van der Waals surface area contributed by atoms with Crippen molar-refractivity contribution < 1.29 is 14.6 Å². The average molecular weight is 374 g/mol. The summed E-state index contributed by atoms with van der Waals surface area (Å²) in [5, 5.41) is 9.55. The minimum Gasteiger partial charge on any atom is -0.481 e. The summed E-state index contributed by atoms with van der Waals surface area (Å²) in [5.41, 5.74) is 10.7. The standard InChI is InChI=1S/C21H23NO3.ClH/c22-19-10-7-14-6-9-17(12-18(14)20(19)21(23)24)25-16-8-5-13-3-1-2-4-15(13)11-16;/h5-6,8-9,11-12,19-20H,1-4,7,10,22H2,(H,23,24);1H. The first-order chi connectivity index (χ1) is 12.1. The lowest BCUT2D eigenvalue weighted by molar-refractivity contribution is -0.139. The lowest BCUT2D eigenvalue weighted by Gasteiger charge is -2.28. The second-order valence-corrected chi connectivity index (χ2v) is 7.12. The van der Waals surface area contributed by atoms with Crippen molar-refractivity contribution in [3.8, 4) is 11.5 Å². The van der Waals surface area contributed by atoms with Crippen molar-refractivity contribution in [3.63, 3.8) is 0 Å². The van der Waals surface area contributed by atoms with Gasteiger partial charge in [0, 0.05) is 6.04 Å². The van der Waals surface area contributed by atoms with E-state index in [4.69, 9.17) is 10.5 Å². The fourth-order valence-corrected chi connectivity index (χ4v) is 4.10. The molecule has 2 atom stereocenters. The van der Waals surface area contributed by atoms with Gasteiger partial charge in [-0.2, -0.15) is 0 Å². The minimum atomic E-state index is -0.862. The molecule has 0 saturated carbocycles. The third-order valence-electron chi connectivity index (χ3n) is 5.45. The molecule has 0 fully saturated rings. The summed E-state index contributed by atoms with van der Waals surface area (Å²) < 4.78 is 6.04. The second kappa shape index (κ2) is 7.68. The van der Waals surface area contributed by atoms with Gasteiger partial charge in [0.1, 0.15) is 11.5 Å². The highest BCUT2D eigenvalue weighted by Gasteiger charge is 2.33. The number of rotatable bonds is 3. The maximum Gasteiger partial charge on any atom is 0.312 e. The topological polar surface area (TPSA) is 72.5 Å². The van der Waals surface area contributed by atoms with E-state index in [1.807, 2.05) is 24.3 Å². The molecule has 0 aliphatic heterocycles. The van der Waals surface area contributed by atoms with Crippen molar-refractivity contribution in [3.05, 3.63) is 58.7 Å². The summed E-state index contributed by atoms with van der Waals surface area (Å²) in [6.07, 6.45) is 6.26. The van der Waals surface area contributed by atoms with Gasteiger partial charge in [0.15, 0.2) is 0 Å². The molecule has 2 aliphatic carbocycles. The van der Waals surface area contributed by atoms with E-state index in [1.165, 1.54) is 24.0 Å². The Balaban J connectivity index is 0.00000196. The highest BCUT2D eigenvalue weighted by Crippen LogP contribution is 2.35. The van der Waals surface area contributed by atoms with Crippen LogP contribution in [-0.2, 0) is 24.1 Å². The fraction of sp³-hybridized carbons (Fsp3) is 0.381. The number of benzene rings is 2. The van der Waals surface area contributed by atoms with Crippen LogP contribution in [-0.4, -0.2) is 17.1 Å². The maximum absolute atomic E-state index is 11.6. The Hall–Kier alpha value is -2.04. The number of carboxylic acid groups (broad SMARTS) is 1. The number of fused-ring (bicyclic) bond motifs is 2. The van der Waals surface area contributed by atoms with Gasteiger partial charge in [0.25, 0.3) is 0 Å². The quantitative estimate of drug-likeness (QED) is 0.844. The molecule has 3 N–H and O–H groups in total. The predicted octanol–water partition coefficient (Wildman–Crippen LogP) is 4.22. The van der Waals surface area contributed by atoms with Crippen LogP contribution in [0.1, 0.15) is 47.4 Å². The van der Waals surface area contributed by atoms with Crippen molar-refractivity contribution in [2.75, 3.05) is 0 Å². The average Bonchev–Trinajstić information content (AvgIpc) is 2.61. The van der Waals surface area contributed by atoms with Gasteiger partial charge in [-0.15, -0.1) is 12.4 Å². The summed E-state index contributed by atoms with van der Waals surface area (Å²) >= 11 is 0. The predicted molar refractivity (Wildman–Crippen MR) is 104 cm³/mol. The van der Waals surface area contributed by atoms with Crippen LogP contribution >= 0.6 is 12.4 Å². The zero-order valence-corrected chi connectivity index (χ0v) is 15.4. The van der Waals surface area contributed by atoms with E-state index >= 15 is 0 Å². The Morgan fingerprint density at radius 1 is 0.962 bits per heavy atom. The van der Waals surface area contributed by atoms with Gasteiger partial charge in [0.2, 0.25) is 0 Å². The molecule has 0 aromatic heterocycles. The van der Waals surface area contributed by atoms with E-state index in [-0.39, 0.29) is 18.4 Å². The Morgan fingerprint density at radius 2 is 1.62 bits per heavy atom. The smallest absolute Gasteiger partial charge is 0.312 e. The van der Waals surface area contributed by atoms with Crippen molar-refractivity contribution >= 4 is 18.4 Å². The molecule has 2 unspecified atom stereocenters. The summed E-state index contributed by atoms with van der Waals surface area (Å²) in [7, 11) is 0. The molecule has 4 nitrogen and oxygen atoms in total. The molecule has 0 spiro atoms. The fourth-order valence-electron chi connectivity index (χ4n) is 4.10. The van der Waals surface area contributed by atoms with Gasteiger partial charge < -0.3 is 15.6 Å². The van der Waals surface area contributed by atoms with Gasteiger partial charge in [-0.1, -0.05) is 12.1 Å². The Bertz CT molecular complexity index is 821. The number of carboxylic acids is 1. The SMILES string of the molecule is Cl.NC1CCc2ccc(Oc3ccc4c(c3)CCCC4)cc2C1C(=O)O. The molecule has 26 heavy (non-hydrogen) atoms. The molecule has 0 heterocycles. The number of halogens is 1. The molecule has 0 radical (unpaired) electrons. The first-order valence-electron chi connectivity index (χ1n) is 9.02. The van der Waals surface area contributed by atoms with Crippen molar-refractivity contribution in [1.29, 1.82) is 0 Å². The lowest BCUT2D eigenvalue weighted by Crippen LogP contribution is -2.37. The van der Waals surface area contributed by atoms with Crippen LogP contribution in [0.5, 0.6) is 11.5 Å². The zero-order valence-electron chi connectivity index (χ0n) is 14.6. The molecule has 2 aliphatic rings. The molecule has 138 valence electrons. The Kier molecular flexibility index (Phi) is 5.54. The second-order valence-electron chi connectivity index (χ2n) is 7.12. The maximum atomic E-state index is 11.6. The van der Waals surface area contributed by atoms with Crippen LogP contribution in [0.3, 0.4) is 0 Å². The number of hydrogen-bond acceptors (Lipinski definition) is 3. The lowest BCUT2D eigenvalue weighted by atomic mass is 9.79. The monoisotopic (exact) mass is 373 g/mol. The van der Waals surface area contributed by atoms with Crippen molar-refractivity contribution in [2.45, 2.75) is 50.5 Å². The van der Waals surface area contributed by atoms with Gasteiger partial charge in [-0.25, -0.2) is 0 Å². The third kappa shape index (κ3) is 3.57. The summed E-state index contributed by atoms with van der Waals surface area (Å²) in [6, 6.07) is 11.7. The molecule has 0 amide bonds. The van der Waals surface area contributed by atoms with Gasteiger partial charge in [-0.05, 0) is 85.0 Å². The van der Waals surface area contributed by atoms with Crippen LogP contribution in [0.15, 0.2) is 36.4 Å². The number of hydrogen-bond donors (Lipinski definition) is 2. The summed E-state index contributed by atoms with van der Waals surface area (Å²) in [6.45, 7) is 0. The van der Waals surface area contributed by atoms with Crippen LogP contribution in [0.4, 0.5) is 0 Å². The van der Waals surface area contributed by atoms with Gasteiger partial charge >= 0.3 is 5.97 Å². The van der Waals surface area contributed by atoms with Crippen LogP contribution in [0.2, 0.25) is 0 Å². The summed E-state index contributed by atoms with van der Waals surface area (Å²) in [4.78, 5) is 11.6. The zero-order chi connectivity index (χ0) is 17.4. The first-order valence-corrected chi connectivity index (χ1v) is 9.02. The van der Waals surface area contributed by atoms with E-state index in [1.54, 1.807) is 0 Å². The molecule has 2 aromatic carbocycles. The molecule has 2 aromatic rings. The van der Waals surface area contributed by atoms with Crippen LogP contribution < -0.4 is 10.5 Å². The molecular weight excluding hydrogens is 350 g/mol. The van der Waals surface area contributed by atoms with E-state index < -0.39 is 11.9 Å². The first kappa shape index (κ1) is 18.7. The van der Waals surface area contributed by atoms with Gasteiger partial charge in [0.05, 0.1) is 5.92 Å².